The SMILES string of the molecule is N#CC(=Cc1cn(Cc2ccc([N+](=O)[O-])cc2)c2ccccc12)C(=O)Nc1cccc(Cl)c1. The third-order valence-corrected chi connectivity index (χ3v) is 5.30. The Balaban J connectivity index is 1.66. The van der Waals surface area contributed by atoms with Gasteiger partial charge in [0.25, 0.3) is 11.6 Å². The minimum atomic E-state index is -0.535. The molecule has 0 fully saturated rings. The van der Waals surface area contributed by atoms with E-state index in [4.69, 9.17) is 11.6 Å². The van der Waals surface area contributed by atoms with Gasteiger partial charge in [0.05, 0.1) is 4.92 Å². The van der Waals surface area contributed by atoms with Gasteiger partial charge in [-0.15, -0.1) is 0 Å². The number of halogens is 1. The summed E-state index contributed by atoms with van der Waals surface area (Å²) in [6, 6.07) is 22.7. The molecule has 1 N–H and O–H groups in total. The van der Waals surface area contributed by atoms with E-state index in [0.29, 0.717) is 22.8 Å². The summed E-state index contributed by atoms with van der Waals surface area (Å²) in [5.41, 5.74) is 2.99. The number of nitro benzene ring substituents is 1. The number of para-hydroxylation sites is 1. The maximum absolute atomic E-state index is 12.7. The molecule has 0 radical (unpaired) electrons. The predicted octanol–water partition coefficient (Wildman–Crippen LogP) is 5.80. The minimum absolute atomic E-state index is 0.0316. The van der Waals surface area contributed by atoms with Crippen molar-refractivity contribution in [2.24, 2.45) is 0 Å². The Kier molecular flexibility index (Phi) is 6.20. The molecule has 3 aromatic carbocycles. The van der Waals surface area contributed by atoms with Crippen LogP contribution in [0.3, 0.4) is 0 Å². The topological polar surface area (TPSA) is 101 Å². The van der Waals surface area contributed by atoms with Gasteiger partial charge in [-0.3, -0.25) is 14.9 Å². The highest BCUT2D eigenvalue weighted by atomic mass is 35.5. The van der Waals surface area contributed by atoms with Crippen LogP contribution >= 0.6 is 11.6 Å². The van der Waals surface area contributed by atoms with Crippen LogP contribution in [0.5, 0.6) is 0 Å². The number of rotatable bonds is 6. The molecule has 8 heteroatoms. The molecule has 0 bridgehead atoms. The van der Waals surface area contributed by atoms with Gasteiger partial charge >= 0.3 is 0 Å². The third kappa shape index (κ3) is 4.92. The van der Waals surface area contributed by atoms with Crippen molar-refractivity contribution in [3.05, 3.63) is 111 Å². The second-order valence-corrected chi connectivity index (χ2v) is 7.72. The normalized spacial score (nSPS) is 11.2. The Hall–Kier alpha value is -4.41. The summed E-state index contributed by atoms with van der Waals surface area (Å²) >= 11 is 5.96. The molecule has 1 heterocycles. The van der Waals surface area contributed by atoms with E-state index in [0.717, 1.165) is 16.5 Å². The number of nitrogens with zero attached hydrogens (tertiary/aromatic N) is 3. The molecule has 0 aliphatic rings. The summed E-state index contributed by atoms with van der Waals surface area (Å²) in [5, 5.41) is 24.5. The number of benzene rings is 3. The Morgan fingerprint density at radius 3 is 2.58 bits per heavy atom. The Labute approximate surface area is 194 Å². The Bertz CT molecular complexity index is 1430. The molecule has 0 aliphatic carbocycles. The number of hydrogen-bond donors (Lipinski definition) is 1. The fourth-order valence-corrected chi connectivity index (χ4v) is 3.70. The molecule has 4 rings (SSSR count). The van der Waals surface area contributed by atoms with Crippen molar-refractivity contribution in [2.75, 3.05) is 5.32 Å². The van der Waals surface area contributed by atoms with E-state index in [-0.39, 0.29) is 11.3 Å². The van der Waals surface area contributed by atoms with Crippen LogP contribution in [0.4, 0.5) is 11.4 Å². The van der Waals surface area contributed by atoms with E-state index in [2.05, 4.69) is 5.32 Å². The summed E-state index contributed by atoms with van der Waals surface area (Å²) in [6.07, 6.45) is 3.41. The quantitative estimate of drug-likeness (QED) is 0.171. The number of carbonyl (C=O) groups excluding carboxylic acids is 1. The van der Waals surface area contributed by atoms with Gasteiger partial charge in [-0.05, 0) is 35.9 Å². The Morgan fingerprint density at radius 2 is 1.88 bits per heavy atom. The van der Waals surface area contributed by atoms with Crippen molar-refractivity contribution in [3.63, 3.8) is 0 Å². The lowest BCUT2D eigenvalue weighted by Gasteiger charge is -2.05. The van der Waals surface area contributed by atoms with E-state index in [1.54, 1.807) is 42.5 Å². The largest absolute Gasteiger partial charge is 0.342 e. The molecular weight excluding hydrogens is 440 g/mol. The zero-order valence-corrected chi connectivity index (χ0v) is 18.0. The highest BCUT2D eigenvalue weighted by Crippen LogP contribution is 2.25. The number of anilines is 1. The number of nitrogens with one attached hydrogen (secondary N) is 1. The molecule has 0 unspecified atom stereocenters. The first-order chi connectivity index (χ1) is 15.9. The van der Waals surface area contributed by atoms with Crippen molar-refractivity contribution >= 4 is 45.9 Å². The van der Waals surface area contributed by atoms with Crippen LogP contribution in [-0.2, 0) is 11.3 Å². The highest BCUT2D eigenvalue weighted by Gasteiger charge is 2.13. The molecule has 0 saturated carbocycles. The van der Waals surface area contributed by atoms with Crippen LogP contribution in [0.15, 0.2) is 84.6 Å². The number of nitro groups is 1. The molecule has 1 aromatic heterocycles. The van der Waals surface area contributed by atoms with Crippen LogP contribution < -0.4 is 5.32 Å². The van der Waals surface area contributed by atoms with Crippen LogP contribution in [0.2, 0.25) is 5.02 Å². The zero-order valence-electron chi connectivity index (χ0n) is 17.2. The lowest BCUT2D eigenvalue weighted by molar-refractivity contribution is -0.384. The van der Waals surface area contributed by atoms with Gasteiger partial charge < -0.3 is 9.88 Å². The molecule has 7 nitrogen and oxygen atoms in total. The number of amides is 1. The van der Waals surface area contributed by atoms with Gasteiger partial charge in [0.2, 0.25) is 0 Å². The van der Waals surface area contributed by atoms with Gasteiger partial charge in [-0.1, -0.05) is 48.0 Å². The number of aromatic nitrogens is 1. The van der Waals surface area contributed by atoms with Gasteiger partial charge in [0.1, 0.15) is 11.6 Å². The fourth-order valence-electron chi connectivity index (χ4n) is 3.51. The van der Waals surface area contributed by atoms with E-state index in [1.807, 2.05) is 41.1 Å². The smallest absolute Gasteiger partial charge is 0.269 e. The second kappa shape index (κ2) is 9.39. The number of fused-ring (bicyclic) bond motifs is 1. The van der Waals surface area contributed by atoms with Gasteiger partial charge in [-0.2, -0.15) is 5.26 Å². The first-order valence-corrected chi connectivity index (χ1v) is 10.3. The monoisotopic (exact) mass is 456 g/mol. The summed E-state index contributed by atoms with van der Waals surface area (Å²) in [6.45, 7) is 0.475. The van der Waals surface area contributed by atoms with E-state index in [9.17, 15) is 20.2 Å². The van der Waals surface area contributed by atoms with Gasteiger partial charge in [0.15, 0.2) is 0 Å². The zero-order chi connectivity index (χ0) is 23.4. The second-order valence-electron chi connectivity index (χ2n) is 7.29. The number of hydrogen-bond acceptors (Lipinski definition) is 4. The predicted molar refractivity (Wildman–Crippen MR) is 128 cm³/mol. The average molecular weight is 457 g/mol. The molecule has 0 aliphatic heterocycles. The fraction of sp³-hybridized carbons (Fsp3) is 0.0400. The third-order valence-electron chi connectivity index (χ3n) is 5.07. The van der Waals surface area contributed by atoms with Crippen LogP contribution in [0.25, 0.3) is 17.0 Å². The van der Waals surface area contributed by atoms with Crippen molar-refractivity contribution in [3.8, 4) is 6.07 Å². The van der Waals surface area contributed by atoms with E-state index < -0.39 is 10.8 Å². The molecule has 0 saturated heterocycles. The standard InChI is InChI=1S/C25H17ClN4O3/c26-20-4-3-5-21(13-20)28-25(31)18(14-27)12-19-16-29(24-7-2-1-6-23(19)24)15-17-8-10-22(11-9-17)30(32)33/h1-13,16H,15H2,(H,28,31). The van der Waals surface area contributed by atoms with E-state index >= 15 is 0 Å². The number of non-ortho nitro benzene ring substituents is 1. The minimum Gasteiger partial charge on any atom is -0.342 e. The van der Waals surface area contributed by atoms with Gasteiger partial charge in [-0.25, -0.2) is 0 Å². The molecule has 0 spiro atoms. The molecule has 33 heavy (non-hydrogen) atoms. The average Bonchev–Trinajstić information content (AvgIpc) is 3.15. The first-order valence-electron chi connectivity index (χ1n) is 9.94. The maximum Gasteiger partial charge on any atom is 0.269 e. The van der Waals surface area contributed by atoms with Crippen molar-refractivity contribution in [2.45, 2.75) is 6.54 Å². The van der Waals surface area contributed by atoms with E-state index in [1.165, 1.54) is 12.1 Å². The maximum atomic E-state index is 12.7. The molecule has 0 atom stereocenters. The summed E-state index contributed by atoms with van der Waals surface area (Å²) in [5.74, 6) is -0.535. The first kappa shape index (κ1) is 21.8. The lowest BCUT2D eigenvalue weighted by atomic mass is 10.1. The molecular formula is C25H17ClN4O3. The van der Waals surface area contributed by atoms with Crippen LogP contribution in [0.1, 0.15) is 11.1 Å². The molecule has 1 amide bonds. The van der Waals surface area contributed by atoms with Crippen molar-refractivity contribution in [1.82, 2.24) is 4.57 Å². The van der Waals surface area contributed by atoms with Crippen molar-refractivity contribution < 1.29 is 9.72 Å². The van der Waals surface area contributed by atoms with Crippen LogP contribution in [-0.4, -0.2) is 15.4 Å². The van der Waals surface area contributed by atoms with Crippen molar-refractivity contribution in [1.29, 1.82) is 5.26 Å². The summed E-state index contributed by atoms with van der Waals surface area (Å²) < 4.78 is 1.98. The number of carbonyl (C=O) groups is 1. The summed E-state index contributed by atoms with van der Waals surface area (Å²) in [7, 11) is 0. The lowest BCUT2D eigenvalue weighted by Crippen LogP contribution is -2.13. The molecule has 162 valence electrons. The molecule has 4 aromatic rings. The Morgan fingerprint density at radius 1 is 1.12 bits per heavy atom. The number of nitriles is 1. The highest BCUT2D eigenvalue weighted by molar-refractivity contribution is 6.31. The van der Waals surface area contributed by atoms with Crippen LogP contribution in [0, 0.1) is 21.4 Å². The van der Waals surface area contributed by atoms with Gasteiger partial charge in [0, 0.05) is 52.1 Å². The summed E-state index contributed by atoms with van der Waals surface area (Å²) in [4.78, 5) is 23.1.